The summed E-state index contributed by atoms with van der Waals surface area (Å²) in [4.78, 5) is 21.0. The van der Waals surface area contributed by atoms with Crippen LogP contribution in [0.3, 0.4) is 0 Å². The van der Waals surface area contributed by atoms with Gasteiger partial charge in [-0.1, -0.05) is 0 Å². The quantitative estimate of drug-likeness (QED) is 0.284. The van der Waals surface area contributed by atoms with E-state index in [9.17, 15) is 9.59 Å². The molecule has 0 rings (SSSR count). The Morgan fingerprint density at radius 1 is 1.60 bits per heavy atom. The number of hydrogen-bond acceptors (Lipinski definition) is 5. The Morgan fingerprint density at radius 2 is 2.10 bits per heavy atom. The Hall–Kier alpha value is -0.160. The van der Waals surface area contributed by atoms with E-state index >= 15 is 0 Å². The van der Waals surface area contributed by atoms with E-state index in [1.54, 1.807) is 6.92 Å². The molecule has 0 spiro atoms. The van der Waals surface area contributed by atoms with Crippen LogP contribution in [0.4, 0.5) is 0 Å². The van der Waals surface area contributed by atoms with Gasteiger partial charge < -0.3 is 4.74 Å². The van der Waals surface area contributed by atoms with Gasteiger partial charge in [-0.25, -0.2) is 4.79 Å². The number of Topliss-reactive ketones (excluding diaryl/α,β-unsaturated/α-hetero) is 1. The molecule has 5 heteroatoms. The lowest BCUT2D eigenvalue weighted by atomic mass is 10.5. The monoisotopic (exact) mass is 180 g/mol. The van der Waals surface area contributed by atoms with Crippen molar-refractivity contribution in [1.82, 2.24) is 0 Å². The van der Waals surface area contributed by atoms with Crippen LogP contribution in [0.25, 0.3) is 0 Å². The van der Waals surface area contributed by atoms with Crippen molar-refractivity contribution in [3.05, 3.63) is 0 Å². The third kappa shape index (κ3) is 3.79. The van der Waals surface area contributed by atoms with Crippen LogP contribution in [-0.4, -0.2) is 22.9 Å². The number of ketones is 1. The molecule has 0 aliphatic heterocycles. The average molecular weight is 180 g/mol. The average Bonchev–Trinajstić information content (AvgIpc) is 1.85. The van der Waals surface area contributed by atoms with Gasteiger partial charge in [0.15, 0.2) is 0 Å². The first-order valence-corrected chi connectivity index (χ1v) is 3.75. The molecule has 0 aromatic heterocycles. The van der Waals surface area contributed by atoms with Gasteiger partial charge in [0.05, 0.1) is 5.75 Å². The normalized spacial score (nSPS) is 12.3. The van der Waals surface area contributed by atoms with Crippen LogP contribution in [0, 0.1) is 0 Å². The summed E-state index contributed by atoms with van der Waals surface area (Å²) in [6, 6.07) is 0. The highest BCUT2D eigenvalue weighted by Crippen LogP contribution is 1.96. The van der Waals surface area contributed by atoms with E-state index in [4.69, 9.17) is 0 Å². The number of carbonyl (C=O) groups is 2. The van der Waals surface area contributed by atoms with E-state index in [0.29, 0.717) is 0 Å². The van der Waals surface area contributed by atoms with Gasteiger partial charge in [-0.05, 0) is 6.92 Å². The van der Waals surface area contributed by atoms with Gasteiger partial charge in [0, 0.05) is 0 Å². The summed E-state index contributed by atoms with van der Waals surface area (Å²) >= 11 is 7.35. The summed E-state index contributed by atoms with van der Waals surface area (Å²) in [5, 5.41) is 0. The van der Waals surface area contributed by atoms with E-state index < -0.39 is 17.2 Å². The second-order valence-corrected chi connectivity index (χ2v) is 2.63. The minimum atomic E-state index is -0.877. The predicted molar refractivity (Wildman–Crippen MR) is 43.4 cm³/mol. The summed E-state index contributed by atoms with van der Waals surface area (Å²) in [6.07, 6.45) is 0. The highest BCUT2D eigenvalue weighted by Gasteiger charge is 2.14. The first-order chi connectivity index (χ1) is 4.57. The fourth-order valence-corrected chi connectivity index (χ4v) is 0.510. The maximum Gasteiger partial charge on any atom is 0.376 e. The van der Waals surface area contributed by atoms with Crippen molar-refractivity contribution in [2.24, 2.45) is 0 Å². The third-order valence-corrected chi connectivity index (χ3v) is 1.04. The van der Waals surface area contributed by atoms with Gasteiger partial charge in [-0.15, -0.1) is 12.6 Å². The third-order valence-electron chi connectivity index (χ3n) is 0.649. The van der Waals surface area contributed by atoms with Crippen molar-refractivity contribution in [2.45, 2.75) is 12.4 Å². The fraction of sp³-hybridized carbons (Fsp3) is 0.600. The van der Waals surface area contributed by atoms with Crippen LogP contribution in [-0.2, 0) is 14.3 Å². The molecule has 0 heterocycles. The second kappa shape index (κ2) is 4.62. The lowest BCUT2D eigenvalue weighted by Crippen LogP contribution is -2.20. The van der Waals surface area contributed by atoms with Crippen molar-refractivity contribution in [1.29, 1.82) is 0 Å². The molecule has 0 aromatic rings. The molecule has 58 valence electrons. The van der Waals surface area contributed by atoms with Crippen LogP contribution in [0.15, 0.2) is 0 Å². The zero-order valence-corrected chi connectivity index (χ0v) is 7.19. The molecule has 3 nitrogen and oxygen atoms in total. The van der Waals surface area contributed by atoms with Gasteiger partial charge in [0.25, 0.3) is 0 Å². The Morgan fingerprint density at radius 3 is 2.40 bits per heavy atom. The summed E-state index contributed by atoms with van der Waals surface area (Å²) in [7, 11) is 0. The molecule has 1 unspecified atom stereocenters. The van der Waals surface area contributed by atoms with E-state index in [1.807, 2.05) is 0 Å². The lowest BCUT2D eigenvalue weighted by molar-refractivity contribution is -0.153. The Labute approximate surface area is 69.9 Å². The van der Waals surface area contributed by atoms with Gasteiger partial charge in [-0.2, -0.15) is 12.6 Å². The molecule has 0 bridgehead atoms. The topological polar surface area (TPSA) is 43.4 Å². The predicted octanol–water partition coefficient (Wildman–Crippen LogP) is 0.304. The molecule has 0 aliphatic rings. The smallest absolute Gasteiger partial charge is 0.376 e. The first-order valence-electron chi connectivity index (χ1n) is 2.60. The van der Waals surface area contributed by atoms with Crippen molar-refractivity contribution in [3.63, 3.8) is 0 Å². The molecule has 10 heavy (non-hydrogen) atoms. The van der Waals surface area contributed by atoms with Crippen LogP contribution in [0.2, 0.25) is 0 Å². The Bertz CT molecular complexity index is 144. The largest absolute Gasteiger partial charge is 0.446 e. The Balaban J connectivity index is 3.74. The van der Waals surface area contributed by atoms with Crippen LogP contribution in [0.5, 0.6) is 0 Å². The van der Waals surface area contributed by atoms with E-state index in [1.165, 1.54) is 0 Å². The van der Waals surface area contributed by atoms with E-state index in [2.05, 4.69) is 30.0 Å². The molecule has 0 N–H and O–H groups in total. The second-order valence-electron chi connectivity index (χ2n) is 1.59. The maximum absolute atomic E-state index is 10.5. The summed E-state index contributed by atoms with van der Waals surface area (Å²) < 4.78 is 4.43. The van der Waals surface area contributed by atoms with E-state index in [-0.39, 0.29) is 5.75 Å². The standard InChI is InChI=1S/C5H8O3S2/c1-3(10)8-5(7)4(6)2-9/h3,9-10H,2H2,1H3. The molecule has 0 amide bonds. The molecule has 0 saturated heterocycles. The lowest BCUT2D eigenvalue weighted by Gasteiger charge is -2.03. The molecule has 0 aliphatic carbocycles. The number of carbonyl (C=O) groups excluding carboxylic acids is 2. The van der Waals surface area contributed by atoms with Gasteiger partial charge in [0.1, 0.15) is 5.44 Å². The molecule has 0 fully saturated rings. The van der Waals surface area contributed by atoms with Crippen molar-refractivity contribution >= 4 is 37.0 Å². The number of rotatable bonds is 3. The highest BCUT2D eigenvalue weighted by atomic mass is 32.1. The molecule has 1 atom stereocenters. The van der Waals surface area contributed by atoms with Crippen molar-refractivity contribution < 1.29 is 14.3 Å². The summed E-state index contributed by atoms with van der Waals surface area (Å²) in [5.74, 6) is -1.65. The number of esters is 1. The molecule has 0 radical (unpaired) electrons. The van der Waals surface area contributed by atoms with Gasteiger partial charge in [0.2, 0.25) is 5.78 Å². The first kappa shape index (κ1) is 9.84. The molecular formula is C5H8O3S2. The highest BCUT2D eigenvalue weighted by molar-refractivity contribution is 7.81. The SMILES string of the molecule is CC(S)OC(=O)C(=O)CS. The Kier molecular flexibility index (Phi) is 4.55. The molecule has 0 aromatic carbocycles. The number of hydrogen-bond donors (Lipinski definition) is 2. The van der Waals surface area contributed by atoms with Crippen molar-refractivity contribution in [2.75, 3.05) is 5.75 Å². The zero-order chi connectivity index (χ0) is 8.15. The molecular weight excluding hydrogens is 172 g/mol. The van der Waals surface area contributed by atoms with Crippen LogP contribution >= 0.6 is 25.3 Å². The van der Waals surface area contributed by atoms with Gasteiger partial charge in [-0.3, -0.25) is 4.79 Å². The minimum absolute atomic E-state index is 0.126. The molecule has 0 saturated carbocycles. The van der Waals surface area contributed by atoms with Crippen LogP contribution in [0.1, 0.15) is 6.92 Å². The number of ether oxygens (including phenoxy) is 1. The fourth-order valence-electron chi connectivity index (χ4n) is 0.285. The zero-order valence-electron chi connectivity index (χ0n) is 5.40. The maximum atomic E-state index is 10.5. The van der Waals surface area contributed by atoms with E-state index in [0.717, 1.165) is 0 Å². The summed E-state index contributed by atoms with van der Waals surface area (Å²) in [5.41, 5.74) is -0.545. The summed E-state index contributed by atoms with van der Waals surface area (Å²) in [6.45, 7) is 1.55. The van der Waals surface area contributed by atoms with Crippen molar-refractivity contribution in [3.8, 4) is 0 Å². The van der Waals surface area contributed by atoms with Crippen LogP contribution < -0.4 is 0 Å². The number of thiol groups is 2. The minimum Gasteiger partial charge on any atom is -0.446 e. The van der Waals surface area contributed by atoms with Gasteiger partial charge >= 0.3 is 5.97 Å².